The maximum Gasteiger partial charge on any atom is 0.127 e. The molecular weight excluding hydrogens is 210 g/mol. The molecule has 92 valence electrons. The van der Waals surface area contributed by atoms with E-state index in [2.05, 4.69) is 32.0 Å². The van der Waals surface area contributed by atoms with E-state index in [4.69, 9.17) is 10.5 Å². The summed E-state index contributed by atoms with van der Waals surface area (Å²) in [6.45, 7) is 5.06. The predicted molar refractivity (Wildman–Crippen MR) is 69.4 cm³/mol. The number of fused-ring (bicyclic) bond motifs is 1. The van der Waals surface area contributed by atoms with E-state index in [1.807, 2.05) is 0 Å². The smallest absolute Gasteiger partial charge is 0.127 e. The minimum Gasteiger partial charge on any atom is -0.487 e. The first-order valence-corrected chi connectivity index (χ1v) is 6.58. The van der Waals surface area contributed by atoms with Crippen LogP contribution < -0.4 is 10.5 Å². The standard InChI is InChI=1S/C15H21NO/c1-14(2)9-11-5-3-6-12(13(11)17-14)15(10-16)7-4-8-15/h3,5-6H,4,7-10,16H2,1-2H3. The molecular formula is C15H21NO. The van der Waals surface area contributed by atoms with E-state index >= 15 is 0 Å². The first-order chi connectivity index (χ1) is 8.06. The van der Waals surface area contributed by atoms with E-state index in [1.54, 1.807) is 0 Å². The van der Waals surface area contributed by atoms with Crippen LogP contribution in [0.5, 0.6) is 5.75 Å². The molecule has 0 amide bonds. The van der Waals surface area contributed by atoms with Crippen LogP contribution in [-0.2, 0) is 11.8 Å². The second-order valence-electron chi connectivity index (χ2n) is 6.17. The lowest BCUT2D eigenvalue weighted by atomic mass is 9.64. The summed E-state index contributed by atoms with van der Waals surface area (Å²) in [4.78, 5) is 0. The molecule has 1 saturated carbocycles. The van der Waals surface area contributed by atoms with Gasteiger partial charge in [0.25, 0.3) is 0 Å². The maximum atomic E-state index is 6.15. The zero-order chi connectivity index (χ0) is 12.1. The number of hydrogen-bond acceptors (Lipinski definition) is 2. The molecule has 1 aliphatic carbocycles. The largest absolute Gasteiger partial charge is 0.487 e. The second-order valence-corrected chi connectivity index (χ2v) is 6.17. The molecule has 0 unspecified atom stereocenters. The van der Waals surface area contributed by atoms with Crippen molar-refractivity contribution in [3.05, 3.63) is 29.3 Å². The van der Waals surface area contributed by atoms with Gasteiger partial charge in [-0.3, -0.25) is 0 Å². The van der Waals surface area contributed by atoms with Crippen molar-refractivity contribution in [2.45, 2.75) is 50.5 Å². The molecule has 1 heterocycles. The molecule has 0 spiro atoms. The highest BCUT2D eigenvalue weighted by atomic mass is 16.5. The quantitative estimate of drug-likeness (QED) is 0.849. The third-order valence-electron chi connectivity index (χ3n) is 4.36. The van der Waals surface area contributed by atoms with Gasteiger partial charge in [0.1, 0.15) is 11.4 Å². The van der Waals surface area contributed by atoms with Gasteiger partial charge >= 0.3 is 0 Å². The van der Waals surface area contributed by atoms with Crippen LogP contribution in [0.2, 0.25) is 0 Å². The molecule has 2 heteroatoms. The van der Waals surface area contributed by atoms with Gasteiger partial charge < -0.3 is 10.5 Å². The SMILES string of the molecule is CC1(C)Cc2cccc(C3(CN)CCC3)c2O1. The number of nitrogens with two attached hydrogens (primary N) is 1. The summed E-state index contributed by atoms with van der Waals surface area (Å²) >= 11 is 0. The molecule has 2 aliphatic rings. The Labute approximate surface area is 103 Å². The van der Waals surface area contributed by atoms with Crippen LogP contribution in [0.1, 0.15) is 44.2 Å². The Hall–Kier alpha value is -1.02. The first-order valence-electron chi connectivity index (χ1n) is 6.58. The average Bonchev–Trinajstić information content (AvgIpc) is 2.52. The van der Waals surface area contributed by atoms with Crippen LogP contribution in [0, 0.1) is 0 Å². The zero-order valence-corrected chi connectivity index (χ0v) is 10.8. The molecule has 0 atom stereocenters. The van der Waals surface area contributed by atoms with Gasteiger partial charge in [-0.15, -0.1) is 0 Å². The van der Waals surface area contributed by atoms with Crippen molar-refractivity contribution in [2.75, 3.05) is 6.54 Å². The van der Waals surface area contributed by atoms with Gasteiger partial charge in [0.15, 0.2) is 0 Å². The number of rotatable bonds is 2. The highest BCUT2D eigenvalue weighted by molar-refractivity contribution is 5.50. The molecule has 2 N–H and O–H groups in total. The van der Waals surface area contributed by atoms with Crippen LogP contribution in [0.4, 0.5) is 0 Å². The molecule has 1 aromatic carbocycles. The van der Waals surface area contributed by atoms with Crippen LogP contribution in [0.3, 0.4) is 0 Å². The molecule has 1 aliphatic heterocycles. The summed E-state index contributed by atoms with van der Waals surface area (Å²) in [6, 6.07) is 6.57. The lowest BCUT2D eigenvalue weighted by molar-refractivity contribution is 0.131. The molecule has 3 rings (SSSR count). The fourth-order valence-corrected chi connectivity index (χ4v) is 3.22. The predicted octanol–water partition coefficient (Wildman–Crippen LogP) is 2.78. The number of ether oxygens (including phenoxy) is 1. The van der Waals surface area contributed by atoms with Gasteiger partial charge in [-0.2, -0.15) is 0 Å². The molecule has 0 bridgehead atoms. The van der Waals surface area contributed by atoms with Crippen LogP contribution in [0.15, 0.2) is 18.2 Å². The monoisotopic (exact) mass is 231 g/mol. The van der Waals surface area contributed by atoms with Crippen LogP contribution >= 0.6 is 0 Å². The Morgan fingerprint density at radius 3 is 2.65 bits per heavy atom. The Morgan fingerprint density at radius 2 is 2.06 bits per heavy atom. The maximum absolute atomic E-state index is 6.15. The fourth-order valence-electron chi connectivity index (χ4n) is 3.22. The van der Waals surface area contributed by atoms with Crippen LogP contribution in [0.25, 0.3) is 0 Å². The van der Waals surface area contributed by atoms with E-state index < -0.39 is 0 Å². The van der Waals surface area contributed by atoms with Crippen molar-refractivity contribution in [3.8, 4) is 5.75 Å². The Balaban J connectivity index is 2.06. The Morgan fingerprint density at radius 1 is 1.29 bits per heavy atom. The van der Waals surface area contributed by atoms with E-state index in [0.717, 1.165) is 18.7 Å². The topological polar surface area (TPSA) is 35.2 Å². The summed E-state index contributed by atoms with van der Waals surface area (Å²) in [5.41, 5.74) is 8.86. The first kappa shape index (κ1) is 11.1. The Kier molecular flexibility index (Phi) is 2.27. The van der Waals surface area contributed by atoms with Gasteiger partial charge in [-0.05, 0) is 32.3 Å². The van der Waals surface area contributed by atoms with Crippen molar-refractivity contribution in [1.82, 2.24) is 0 Å². The number of hydrogen-bond donors (Lipinski definition) is 1. The lowest BCUT2D eigenvalue weighted by Gasteiger charge is -2.42. The summed E-state index contributed by atoms with van der Waals surface area (Å²) in [5, 5.41) is 0. The average molecular weight is 231 g/mol. The fraction of sp³-hybridized carbons (Fsp3) is 0.600. The van der Waals surface area contributed by atoms with Crippen molar-refractivity contribution in [3.63, 3.8) is 0 Å². The normalized spacial score (nSPS) is 23.7. The van der Waals surface area contributed by atoms with Crippen molar-refractivity contribution < 1.29 is 4.74 Å². The van der Waals surface area contributed by atoms with Crippen molar-refractivity contribution >= 4 is 0 Å². The number of para-hydroxylation sites is 1. The van der Waals surface area contributed by atoms with Gasteiger partial charge in [0.2, 0.25) is 0 Å². The van der Waals surface area contributed by atoms with E-state index in [9.17, 15) is 0 Å². The summed E-state index contributed by atoms with van der Waals surface area (Å²) in [6.07, 6.45) is 4.73. The third-order valence-corrected chi connectivity index (χ3v) is 4.36. The van der Waals surface area contributed by atoms with E-state index in [1.165, 1.54) is 30.4 Å². The van der Waals surface area contributed by atoms with Gasteiger partial charge in [0.05, 0.1) is 0 Å². The van der Waals surface area contributed by atoms with E-state index in [-0.39, 0.29) is 11.0 Å². The van der Waals surface area contributed by atoms with Crippen LogP contribution in [-0.4, -0.2) is 12.1 Å². The molecule has 0 saturated heterocycles. The molecule has 1 aromatic rings. The highest BCUT2D eigenvalue weighted by Gasteiger charge is 2.42. The number of benzene rings is 1. The lowest BCUT2D eigenvalue weighted by Crippen LogP contribution is -2.42. The summed E-state index contributed by atoms with van der Waals surface area (Å²) in [5.74, 6) is 1.13. The van der Waals surface area contributed by atoms with Gasteiger partial charge in [-0.25, -0.2) is 0 Å². The molecule has 0 aromatic heterocycles. The highest BCUT2D eigenvalue weighted by Crippen LogP contribution is 2.50. The van der Waals surface area contributed by atoms with Crippen molar-refractivity contribution in [1.29, 1.82) is 0 Å². The zero-order valence-electron chi connectivity index (χ0n) is 10.8. The summed E-state index contributed by atoms with van der Waals surface area (Å²) < 4.78 is 6.15. The Bertz CT molecular complexity index is 441. The van der Waals surface area contributed by atoms with Gasteiger partial charge in [0, 0.05) is 23.9 Å². The van der Waals surface area contributed by atoms with Gasteiger partial charge in [-0.1, -0.05) is 24.6 Å². The third kappa shape index (κ3) is 1.58. The molecule has 2 nitrogen and oxygen atoms in total. The molecule has 1 fully saturated rings. The minimum absolute atomic E-state index is 0.0576. The summed E-state index contributed by atoms with van der Waals surface area (Å²) in [7, 11) is 0. The second kappa shape index (κ2) is 3.49. The molecule has 17 heavy (non-hydrogen) atoms. The van der Waals surface area contributed by atoms with Crippen molar-refractivity contribution in [2.24, 2.45) is 5.73 Å². The van der Waals surface area contributed by atoms with E-state index in [0.29, 0.717) is 0 Å². The minimum atomic E-state index is -0.0576. The molecule has 0 radical (unpaired) electrons.